The largest absolute Gasteiger partial charge is 0.534 e. The van der Waals surface area contributed by atoms with Gasteiger partial charge >= 0.3 is 15.6 Å². The second-order valence-electron chi connectivity index (χ2n) is 6.36. The van der Waals surface area contributed by atoms with Crippen LogP contribution in [0.25, 0.3) is 0 Å². The summed E-state index contributed by atoms with van der Waals surface area (Å²) >= 11 is 0. The molecule has 0 aromatic heterocycles. The van der Waals surface area contributed by atoms with Gasteiger partial charge in [-0.2, -0.15) is 26.9 Å². The predicted octanol–water partition coefficient (Wildman–Crippen LogP) is 4.86. The zero-order chi connectivity index (χ0) is 18.7. The molecule has 25 heavy (non-hydrogen) atoms. The number of halogens is 3. The van der Waals surface area contributed by atoms with Crippen molar-refractivity contribution in [2.75, 3.05) is 0 Å². The molecule has 8 heteroatoms. The van der Waals surface area contributed by atoms with Gasteiger partial charge in [-0.1, -0.05) is 25.8 Å². The molecule has 1 fully saturated rings. The van der Waals surface area contributed by atoms with Gasteiger partial charge in [0.1, 0.15) is 6.07 Å². The summed E-state index contributed by atoms with van der Waals surface area (Å²) in [6.45, 7) is 2.15. The van der Waals surface area contributed by atoms with Crippen molar-refractivity contribution in [3.8, 4) is 11.8 Å². The normalized spacial score (nSPS) is 21.6. The molecule has 0 N–H and O–H groups in total. The van der Waals surface area contributed by atoms with E-state index in [1.807, 2.05) is 0 Å². The van der Waals surface area contributed by atoms with Crippen LogP contribution in [0.3, 0.4) is 0 Å². The Morgan fingerprint density at radius 3 is 2.40 bits per heavy atom. The standard InChI is InChI=1S/C17H20F3NO3S/c1-2-3-12-4-6-13(7-5-12)14-8-9-16(15(10-14)11-21)24-25(22,23)17(18,19)20/h8-10,12-13H,2-7H2,1H3. The second-order valence-corrected chi connectivity index (χ2v) is 7.89. The number of nitrogens with zero attached hydrogens (tertiary/aromatic N) is 1. The van der Waals surface area contributed by atoms with Crippen molar-refractivity contribution in [2.45, 2.75) is 56.9 Å². The molecule has 1 aliphatic rings. The van der Waals surface area contributed by atoms with Crippen molar-refractivity contribution in [1.82, 2.24) is 0 Å². The van der Waals surface area contributed by atoms with Crippen LogP contribution >= 0.6 is 0 Å². The Morgan fingerprint density at radius 2 is 1.88 bits per heavy atom. The lowest BCUT2D eigenvalue weighted by Gasteiger charge is -2.28. The summed E-state index contributed by atoms with van der Waals surface area (Å²) in [5, 5.41) is 9.15. The maximum Gasteiger partial charge on any atom is 0.534 e. The molecule has 1 aromatic carbocycles. The predicted molar refractivity (Wildman–Crippen MR) is 86.4 cm³/mol. The molecule has 2 rings (SSSR count). The van der Waals surface area contributed by atoms with Crippen molar-refractivity contribution in [2.24, 2.45) is 5.92 Å². The first-order valence-corrected chi connectivity index (χ1v) is 9.63. The molecule has 138 valence electrons. The molecule has 0 saturated heterocycles. The maximum atomic E-state index is 12.4. The zero-order valence-electron chi connectivity index (χ0n) is 13.8. The van der Waals surface area contributed by atoms with Gasteiger partial charge in [0.15, 0.2) is 5.75 Å². The SMILES string of the molecule is CCCC1CCC(c2ccc(OS(=O)(=O)C(F)(F)F)c(C#N)c2)CC1. The minimum atomic E-state index is -5.79. The van der Waals surface area contributed by atoms with Crippen LogP contribution in [0.2, 0.25) is 0 Å². The first-order chi connectivity index (χ1) is 11.7. The van der Waals surface area contributed by atoms with Crippen LogP contribution in [0.5, 0.6) is 5.75 Å². The average molecular weight is 375 g/mol. The highest BCUT2D eigenvalue weighted by atomic mass is 32.2. The Hall–Kier alpha value is -1.75. The molecule has 1 saturated carbocycles. The Bertz CT molecular complexity index is 745. The Kier molecular flexibility index (Phi) is 5.99. The van der Waals surface area contributed by atoms with E-state index in [0.29, 0.717) is 5.92 Å². The van der Waals surface area contributed by atoms with Crippen LogP contribution in [0, 0.1) is 17.2 Å². The molecule has 0 heterocycles. The first-order valence-electron chi connectivity index (χ1n) is 8.22. The quantitative estimate of drug-likeness (QED) is 0.544. The summed E-state index contributed by atoms with van der Waals surface area (Å²) in [6, 6.07) is 5.84. The van der Waals surface area contributed by atoms with E-state index in [9.17, 15) is 21.6 Å². The van der Waals surface area contributed by atoms with Gasteiger partial charge in [-0.25, -0.2) is 0 Å². The lowest BCUT2D eigenvalue weighted by atomic mass is 9.77. The van der Waals surface area contributed by atoms with Crippen LogP contribution in [0.1, 0.15) is 62.5 Å². The topological polar surface area (TPSA) is 67.2 Å². The van der Waals surface area contributed by atoms with Gasteiger partial charge in [0.25, 0.3) is 0 Å². The Balaban J connectivity index is 2.17. The highest BCUT2D eigenvalue weighted by Crippen LogP contribution is 2.39. The van der Waals surface area contributed by atoms with Crippen molar-refractivity contribution in [1.29, 1.82) is 5.26 Å². The van der Waals surface area contributed by atoms with Gasteiger partial charge < -0.3 is 4.18 Å². The smallest absolute Gasteiger partial charge is 0.375 e. The number of alkyl halides is 3. The highest BCUT2D eigenvalue weighted by Gasteiger charge is 2.48. The van der Waals surface area contributed by atoms with E-state index in [0.717, 1.165) is 43.7 Å². The van der Waals surface area contributed by atoms with Crippen molar-refractivity contribution < 1.29 is 25.8 Å². The molecule has 1 aliphatic carbocycles. The maximum absolute atomic E-state index is 12.4. The fraction of sp³-hybridized carbons (Fsp3) is 0.588. The molecule has 0 bridgehead atoms. The van der Waals surface area contributed by atoms with Crippen molar-refractivity contribution >= 4 is 10.1 Å². The molecular formula is C17H20F3NO3S. The van der Waals surface area contributed by atoms with Crippen LogP contribution < -0.4 is 4.18 Å². The van der Waals surface area contributed by atoms with E-state index < -0.39 is 21.4 Å². The molecule has 1 aromatic rings. The van der Waals surface area contributed by atoms with Gasteiger partial charge in [-0.3, -0.25) is 0 Å². The van der Waals surface area contributed by atoms with E-state index in [2.05, 4.69) is 11.1 Å². The van der Waals surface area contributed by atoms with E-state index in [4.69, 9.17) is 5.26 Å². The van der Waals surface area contributed by atoms with Crippen LogP contribution in [0.4, 0.5) is 13.2 Å². The molecule has 0 atom stereocenters. The molecule has 0 amide bonds. The number of benzene rings is 1. The number of nitriles is 1. The zero-order valence-corrected chi connectivity index (χ0v) is 14.7. The number of rotatable bonds is 5. The van der Waals surface area contributed by atoms with E-state index in [1.54, 1.807) is 12.1 Å². The first kappa shape index (κ1) is 19.6. The van der Waals surface area contributed by atoms with Crippen LogP contribution in [-0.4, -0.2) is 13.9 Å². The third-order valence-electron chi connectivity index (χ3n) is 4.62. The third kappa shape index (κ3) is 4.66. The van der Waals surface area contributed by atoms with Crippen LogP contribution in [-0.2, 0) is 10.1 Å². The van der Waals surface area contributed by atoms with Gasteiger partial charge in [0.05, 0.1) is 5.56 Å². The van der Waals surface area contributed by atoms with Gasteiger partial charge in [0.2, 0.25) is 0 Å². The Labute approximate surface area is 145 Å². The molecule has 0 unspecified atom stereocenters. The van der Waals surface area contributed by atoms with Gasteiger partial charge in [0, 0.05) is 0 Å². The highest BCUT2D eigenvalue weighted by molar-refractivity contribution is 7.88. The van der Waals surface area contributed by atoms with Crippen LogP contribution in [0.15, 0.2) is 18.2 Å². The fourth-order valence-corrected chi connectivity index (χ4v) is 3.80. The molecule has 4 nitrogen and oxygen atoms in total. The van der Waals surface area contributed by atoms with E-state index >= 15 is 0 Å². The summed E-state index contributed by atoms with van der Waals surface area (Å²) in [6.07, 6.45) is 6.42. The molecular weight excluding hydrogens is 355 g/mol. The summed E-state index contributed by atoms with van der Waals surface area (Å²) in [4.78, 5) is 0. The summed E-state index contributed by atoms with van der Waals surface area (Å²) < 4.78 is 63.6. The Morgan fingerprint density at radius 1 is 1.24 bits per heavy atom. The summed E-state index contributed by atoms with van der Waals surface area (Å²) in [5.41, 5.74) is -4.90. The third-order valence-corrected chi connectivity index (χ3v) is 5.59. The summed E-state index contributed by atoms with van der Waals surface area (Å²) in [5.74, 6) is 0.341. The van der Waals surface area contributed by atoms with Crippen molar-refractivity contribution in [3.05, 3.63) is 29.3 Å². The van der Waals surface area contributed by atoms with E-state index in [-0.39, 0.29) is 11.5 Å². The summed E-state index contributed by atoms with van der Waals surface area (Å²) in [7, 11) is -5.79. The monoisotopic (exact) mass is 375 g/mol. The minimum Gasteiger partial charge on any atom is -0.375 e. The van der Waals surface area contributed by atoms with Gasteiger partial charge in [-0.15, -0.1) is 0 Å². The molecule has 0 radical (unpaired) electrons. The second kappa shape index (κ2) is 7.65. The minimum absolute atomic E-state index is 0.207. The molecule has 0 aliphatic heterocycles. The number of hydrogen-bond donors (Lipinski definition) is 0. The lowest BCUT2D eigenvalue weighted by molar-refractivity contribution is -0.0500. The molecule has 0 spiro atoms. The number of hydrogen-bond acceptors (Lipinski definition) is 4. The van der Waals surface area contributed by atoms with Gasteiger partial charge in [-0.05, 0) is 55.2 Å². The fourth-order valence-electron chi connectivity index (χ4n) is 3.32. The van der Waals surface area contributed by atoms with E-state index in [1.165, 1.54) is 12.5 Å². The van der Waals surface area contributed by atoms with Crippen molar-refractivity contribution in [3.63, 3.8) is 0 Å². The lowest BCUT2D eigenvalue weighted by Crippen LogP contribution is -2.28. The average Bonchev–Trinajstić information content (AvgIpc) is 2.55.